The molecule has 4 aromatic rings. The van der Waals surface area contributed by atoms with E-state index in [2.05, 4.69) is 32.6 Å². The predicted octanol–water partition coefficient (Wildman–Crippen LogP) is 4.65. The Balaban J connectivity index is 1.51. The van der Waals surface area contributed by atoms with Crippen molar-refractivity contribution in [2.45, 2.75) is 51.6 Å². The second-order valence-electron chi connectivity index (χ2n) is 10.1. The van der Waals surface area contributed by atoms with Gasteiger partial charge < -0.3 is 10.6 Å². The predicted molar refractivity (Wildman–Crippen MR) is 131 cm³/mol. The summed E-state index contributed by atoms with van der Waals surface area (Å²) in [6, 6.07) is 7.88. The Morgan fingerprint density at radius 1 is 1.22 bits per heavy atom. The lowest BCUT2D eigenvalue weighted by atomic mass is 9.87. The van der Waals surface area contributed by atoms with Crippen molar-refractivity contribution in [3.8, 4) is 11.5 Å². The van der Waals surface area contributed by atoms with Gasteiger partial charge >= 0.3 is 0 Å². The SMILES string of the molecule is C[C@H](Nc1nc(-c2nn(Cc3ccccc3F)c3ncc(F)cc23)nc2c1C(C)(C)C(=O)N2)C1CC1. The molecule has 2 aliphatic rings. The Morgan fingerprint density at radius 2 is 2.00 bits per heavy atom. The van der Waals surface area contributed by atoms with Gasteiger partial charge in [-0.3, -0.25) is 4.79 Å². The number of aromatic nitrogens is 5. The minimum atomic E-state index is -0.820. The third kappa shape index (κ3) is 3.68. The Kier molecular flexibility index (Phi) is 5.03. The number of hydrogen-bond acceptors (Lipinski definition) is 6. The molecule has 2 N–H and O–H groups in total. The number of nitrogens with one attached hydrogen (secondary N) is 2. The third-order valence-electron chi connectivity index (χ3n) is 7.07. The van der Waals surface area contributed by atoms with Gasteiger partial charge in [-0.15, -0.1) is 0 Å². The second kappa shape index (κ2) is 8.04. The summed E-state index contributed by atoms with van der Waals surface area (Å²) < 4.78 is 30.2. The van der Waals surface area contributed by atoms with E-state index in [0.29, 0.717) is 45.4 Å². The summed E-state index contributed by atoms with van der Waals surface area (Å²) in [6.07, 6.45) is 3.39. The number of benzene rings is 1. The number of anilines is 2. The monoisotopic (exact) mass is 489 g/mol. The van der Waals surface area contributed by atoms with Gasteiger partial charge in [0.05, 0.1) is 29.1 Å². The number of halogens is 2. The first-order valence-corrected chi connectivity index (χ1v) is 12.0. The van der Waals surface area contributed by atoms with Gasteiger partial charge in [0.2, 0.25) is 5.91 Å². The molecule has 36 heavy (non-hydrogen) atoms. The first-order chi connectivity index (χ1) is 17.2. The number of carbonyl (C=O) groups excluding carboxylic acids is 1. The molecule has 6 rings (SSSR count). The molecule has 1 saturated carbocycles. The quantitative estimate of drug-likeness (QED) is 0.409. The van der Waals surface area contributed by atoms with Gasteiger partial charge in [0.25, 0.3) is 0 Å². The summed E-state index contributed by atoms with van der Waals surface area (Å²) in [4.78, 5) is 26.4. The number of pyridine rings is 1. The number of amides is 1. The molecule has 0 bridgehead atoms. The van der Waals surface area contributed by atoms with Gasteiger partial charge in [-0.2, -0.15) is 5.10 Å². The van der Waals surface area contributed by atoms with Gasteiger partial charge in [0, 0.05) is 11.6 Å². The van der Waals surface area contributed by atoms with Crippen molar-refractivity contribution in [1.29, 1.82) is 0 Å². The Bertz CT molecular complexity index is 1530. The van der Waals surface area contributed by atoms with E-state index < -0.39 is 11.2 Å². The van der Waals surface area contributed by atoms with Crippen LogP contribution in [0.4, 0.5) is 20.4 Å². The standard InChI is InChI=1S/C26H25F2N7O/c1-13(14-8-9-14)30-21-19-22(33-25(36)26(19,2)3)32-23(31-21)20-17-10-16(27)11-29-24(17)35(34-20)12-15-6-4-5-7-18(15)28/h4-7,10-11,13-14H,8-9,12H2,1-3H3,(H2,30,31,32,33,36)/t13-/m0/s1. The van der Waals surface area contributed by atoms with Crippen LogP contribution in [0.3, 0.4) is 0 Å². The van der Waals surface area contributed by atoms with E-state index in [1.807, 2.05) is 13.8 Å². The maximum Gasteiger partial charge on any atom is 0.235 e. The molecular weight excluding hydrogens is 464 g/mol. The molecule has 10 heteroatoms. The van der Waals surface area contributed by atoms with Crippen molar-refractivity contribution in [3.63, 3.8) is 0 Å². The molecule has 1 aliphatic carbocycles. The van der Waals surface area contributed by atoms with Crippen LogP contribution >= 0.6 is 0 Å². The highest BCUT2D eigenvalue weighted by atomic mass is 19.1. The highest BCUT2D eigenvalue weighted by Gasteiger charge is 2.43. The zero-order chi connectivity index (χ0) is 25.2. The van der Waals surface area contributed by atoms with Gasteiger partial charge in [-0.25, -0.2) is 28.4 Å². The topological polar surface area (TPSA) is 97.6 Å². The number of carbonyl (C=O) groups is 1. The van der Waals surface area contributed by atoms with E-state index in [9.17, 15) is 13.6 Å². The number of nitrogens with zero attached hydrogens (tertiary/aromatic N) is 5. The van der Waals surface area contributed by atoms with Crippen LogP contribution in [-0.2, 0) is 16.8 Å². The number of rotatable bonds is 6. The summed E-state index contributed by atoms with van der Waals surface area (Å²) in [6.45, 7) is 5.87. The minimum absolute atomic E-state index is 0.0976. The van der Waals surface area contributed by atoms with E-state index in [4.69, 9.17) is 4.98 Å². The van der Waals surface area contributed by atoms with Gasteiger partial charge in [-0.05, 0) is 51.7 Å². The van der Waals surface area contributed by atoms with E-state index >= 15 is 0 Å². The fraction of sp³-hybridized carbons (Fsp3) is 0.346. The van der Waals surface area contributed by atoms with Crippen LogP contribution in [0.25, 0.3) is 22.6 Å². The Hall–Kier alpha value is -3.95. The van der Waals surface area contributed by atoms with Gasteiger partial charge in [0.1, 0.15) is 29.0 Å². The van der Waals surface area contributed by atoms with Crippen LogP contribution in [0.15, 0.2) is 36.5 Å². The average molecular weight is 490 g/mol. The van der Waals surface area contributed by atoms with Gasteiger partial charge in [-0.1, -0.05) is 18.2 Å². The normalized spacial score (nSPS) is 17.2. The fourth-order valence-electron chi connectivity index (χ4n) is 4.76. The first-order valence-electron chi connectivity index (χ1n) is 12.0. The molecule has 0 saturated heterocycles. The van der Waals surface area contributed by atoms with Crippen molar-refractivity contribution in [2.24, 2.45) is 5.92 Å². The molecule has 1 aromatic carbocycles. The largest absolute Gasteiger partial charge is 0.367 e. The summed E-state index contributed by atoms with van der Waals surface area (Å²) in [5, 5.41) is 11.4. The molecule has 1 aliphatic heterocycles. The number of hydrogen-bond donors (Lipinski definition) is 2. The van der Waals surface area contributed by atoms with Crippen LogP contribution in [0, 0.1) is 17.6 Å². The molecule has 4 heterocycles. The Morgan fingerprint density at radius 3 is 2.75 bits per heavy atom. The lowest BCUT2D eigenvalue weighted by molar-refractivity contribution is -0.119. The molecule has 1 atom stereocenters. The Labute approximate surface area is 206 Å². The third-order valence-corrected chi connectivity index (χ3v) is 7.07. The molecule has 1 amide bonds. The summed E-state index contributed by atoms with van der Waals surface area (Å²) in [7, 11) is 0. The van der Waals surface area contributed by atoms with Crippen LogP contribution in [-0.4, -0.2) is 36.7 Å². The lowest BCUT2D eigenvalue weighted by Gasteiger charge is -2.21. The van der Waals surface area contributed by atoms with E-state index in [1.165, 1.54) is 16.8 Å². The van der Waals surface area contributed by atoms with Crippen LogP contribution in [0.5, 0.6) is 0 Å². The number of fused-ring (bicyclic) bond motifs is 2. The first kappa shape index (κ1) is 22.5. The zero-order valence-corrected chi connectivity index (χ0v) is 20.1. The van der Waals surface area contributed by atoms with Crippen LogP contribution < -0.4 is 10.6 Å². The molecule has 3 aromatic heterocycles. The highest BCUT2D eigenvalue weighted by Crippen LogP contribution is 2.43. The summed E-state index contributed by atoms with van der Waals surface area (Å²) in [5.41, 5.74) is 0.979. The fourth-order valence-corrected chi connectivity index (χ4v) is 4.76. The lowest BCUT2D eigenvalue weighted by Crippen LogP contribution is -2.29. The van der Waals surface area contributed by atoms with Crippen molar-refractivity contribution in [2.75, 3.05) is 10.6 Å². The van der Waals surface area contributed by atoms with E-state index in [1.54, 1.807) is 18.2 Å². The molecule has 0 spiro atoms. The van der Waals surface area contributed by atoms with E-state index in [0.717, 1.165) is 19.0 Å². The second-order valence-corrected chi connectivity index (χ2v) is 10.1. The smallest absolute Gasteiger partial charge is 0.235 e. The van der Waals surface area contributed by atoms with Crippen molar-refractivity contribution in [3.05, 3.63) is 59.3 Å². The highest BCUT2D eigenvalue weighted by molar-refractivity contribution is 6.06. The molecule has 0 radical (unpaired) electrons. The van der Waals surface area contributed by atoms with Crippen LogP contribution in [0.1, 0.15) is 44.7 Å². The average Bonchev–Trinajstić information content (AvgIpc) is 3.59. The molecule has 184 valence electrons. The molecule has 8 nitrogen and oxygen atoms in total. The van der Waals surface area contributed by atoms with Crippen molar-refractivity contribution in [1.82, 2.24) is 24.7 Å². The zero-order valence-electron chi connectivity index (χ0n) is 20.1. The summed E-state index contributed by atoms with van der Waals surface area (Å²) in [5.74, 6) is 0.650. The van der Waals surface area contributed by atoms with Crippen molar-refractivity contribution >= 4 is 28.6 Å². The molecule has 0 unspecified atom stereocenters. The summed E-state index contributed by atoms with van der Waals surface area (Å²) >= 11 is 0. The van der Waals surface area contributed by atoms with Crippen LogP contribution in [0.2, 0.25) is 0 Å². The van der Waals surface area contributed by atoms with Gasteiger partial charge in [0.15, 0.2) is 11.5 Å². The maximum atomic E-state index is 14.4. The van der Waals surface area contributed by atoms with Crippen molar-refractivity contribution < 1.29 is 13.6 Å². The van der Waals surface area contributed by atoms with E-state index in [-0.39, 0.29) is 30.1 Å². The maximum absolute atomic E-state index is 14.4. The molecule has 1 fully saturated rings. The molecular formula is C26H25F2N7O. The minimum Gasteiger partial charge on any atom is -0.367 e.